The smallest absolute Gasteiger partial charge is 0.125 e. The van der Waals surface area contributed by atoms with Crippen LogP contribution in [0.3, 0.4) is 0 Å². The molecule has 114 valence electrons. The lowest BCUT2D eigenvalue weighted by Crippen LogP contribution is -2.22. The van der Waals surface area contributed by atoms with Crippen molar-refractivity contribution in [2.45, 2.75) is 19.4 Å². The van der Waals surface area contributed by atoms with Crippen LogP contribution >= 0.6 is 54.8 Å². The Bertz CT molecular complexity index is 598. The van der Waals surface area contributed by atoms with Gasteiger partial charge in [-0.3, -0.25) is 0 Å². The number of halogens is 3. The van der Waals surface area contributed by atoms with Gasteiger partial charge in [0.15, 0.2) is 0 Å². The molecule has 2 nitrogen and oxygen atoms in total. The Kier molecular flexibility index (Phi) is 6.56. The first-order valence-corrected chi connectivity index (χ1v) is 9.36. The summed E-state index contributed by atoms with van der Waals surface area (Å²) in [7, 11) is 1.69. The molecule has 0 amide bonds. The molecule has 21 heavy (non-hydrogen) atoms. The van der Waals surface area contributed by atoms with E-state index >= 15 is 0 Å². The summed E-state index contributed by atoms with van der Waals surface area (Å²) in [6.45, 7) is 3.08. The number of methoxy groups -OCH3 is 1. The maximum atomic E-state index is 6.19. The zero-order valence-corrected chi connectivity index (χ0v) is 16.5. The maximum Gasteiger partial charge on any atom is 0.125 e. The summed E-state index contributed by atoms with van der Waals surface area (Å²) >= 11 is 14.8. The average Bonchev–Trinajstić information content (AvgIpc) is 2.80. The summed E-state index contributed by atoms with van der Waals surface area (Å²) in [4.78, 5) is 1.17. The van der Waals surface area contributed by atoms with Gasteiger partial charge in [0, 0.05) is 14.9 Å². The predicted octanol–water partition coefficient (Wildman–Crippen LogP) is 6.02. The summed E-state index contributed by atoms with van der Waals surface area (Å²) in [5, 5.41) is 4.32. The van der Waals surface area contributed by atoms with Crippen molar-refractivity contribution in [2.75, 3.05) is 13.7 Å². The van der Waals surface area contributed by atoms with Crippen LogP contribution in [0.5, 0.6) is 5.75 Å². The van der Waals surface area contributed by atoms with Gasteiger partial charge in [-0.25, -0.2) is 0 Å². The zero-order chi connectivity index (χ0) is 15.4. The van der Waals surface area contributed by atoms with Gasteiger partial charge in [-0.15, -0.1) is 11.3 Å². The minimum atomic E-state index is 0.0711. The molecule has 0 aliphatic heterocycles. The second-order valence-electron chi connectivity index (χ2n) is 4.54. The standard InChI is InChI=1S/C15H16Br2ClNOS/c1-3-6-19-14(13-8-11(18)15(17)21-13)10-5-4-9(16)7-12(10)20-2/h4-5,7-8,14,19H,3,6H2,1-2H3. The molecule has 2 rings (SSSR count). The van der Waals surface area contributed by atoms with Crippen molar-refractivity contribution in [1.82, 2.24) is 5.32 Å². The van der Waals surface area contributed by atoms with E-state index in [1.807, 2.05) is 18.2 Å². The van der Waals surface area contributed by atoms with E-state index in [9.17, 15) is 0 Å². The molecule has 0 saturated carbocycles. The minimum Gasteiger partial charge on any atom is -0.496 e. The molecule has 0 bridgehead atoms. The molecule has 2 aromatic rings. The van der Waals surface area contributed by atoms with E-state index in [0.29, 0.717) is 0 Å². The lowest BCUT2D eigenvalue weighted by Gasteiger charge is -2.20. The Labute approximate surface area is 151 Å². The summed E-state index contributed by atoms with van der Waals surface area (Å²) in [6, 6.07) is 8.17. The SMILES string of the molecule is CCCNC(c1cc(Cl)c(Br)s1)c1ccc(Br)cc1OC. The second-order valence-corrected chi connectivity index (χ2v) is 8.27. The van der Waals surface area contributed by atoms with E-state index in [-0.39, 0.29) is 6.04 Å². The Morgan fingerprint density at radius 2 is 2.10 bits per heavy atom. The molecule has 0 aliphatic rings. The van der Waals surface area contributed by atoms with Crippen LogP contribution in [0.15, 0.2) is 32.5 Å². The lowest BCUT2D eigenvalue weighted by atomic mass is 10.0. The molecular weight excluding hydrogens is 437 g/mol. The molecule has 1 N–H and O–H groups in total. The van der Waals surface area contributed by atoms with Gasteiger partial charge in [-0.1, -0.05) is 40.5 Å². The van der Waals surface area contributed by atoms with Crippen LogP contribution in [0.4, 0.5) is 0 Å². The Hall–Kier alpha value is -0.0700. The first-order chi connectivity index (χ1) is 10.1. The summed E-state index contributed by atoms with van der Waals surface area (Å²) < 4.78 is 7.50. The molecule has 6 heteroatoms. The van der Waals surface area contributed by atoms with Gasteiger partial charge >= 0.3 is 0 Å². The van der Waals surface area contributed by atoms with Gasteiger partial charge in [-0.05, 0) is 47.1 Å². The minimum absolute atomic E-state index is 0.0711. The Morgan fingerprint density at radius 1 is 1.33 bits per heavy atom. The van der Waals surface area contributed by atoms with E-state index in [0.717, 1.165) is 37.6 Å². The van der Waals surface area contributed by atoms with Crippen molar-refractivity contribution in [3.63, 3.8) is 0 Å². The molecule has 0 radical (unpaired) electrons. The van der Waals surface area contributed by atoms with Crippen molar-refractivity contribution >= 4 is 54.8 Å². The topological polar surface area (TPSA) is 21.3 Å². The molecule has 1 aromatic carbocycles. The number of ether oxygens (including phenoxy) is 1. The number of nitrogens with one attached hydrogen (secondary N) is 1. The highest BCUT2D eigenvalue weighted by atomic mass is 79.9. The number of rotatable bonds is 6. The fraction of sp³-hybridized carbons (Fsp3) is 0.333. The van der Waals surface area contributed by atoms with Crippen LogP contribution in [0.2, 0.25) is 5.02 Å². The van der Waals surface area contributed by atoms with Gasteiger partial charge in [0.25, 0.3) is 0 Å². The zero-order valence-electron chi connectivity index (χ0n) is 11.8. The normalized spacial score (nSPS) is 12.4. The molecule has 0 aliphatic carbocycles. The van der Waals surface area contributed by atoms with Crippen LogP contribution in [-0.2, 0) is 0 Å². The van der Waals surface area contributed by atoms with E-state index in [1.54, 1.807) is 18.4 Å². The number of thiophene rings is 1. The largest absolute Gasteiger partial charge is 0.496 e. The Balaban J connectivity index is 2.44. The van der Waals surface area contributed by atoms with Gasteiger partial charge < -0.3 is 10.1 Å². The molecule has 1 unspecified atom stereocenters. The second kappa shape index (κ2) is 7.97. The number of hydrogen-bond acceptors (Lipinski definition) is 3. The quantitative estimate of drug-likeness (QED) is 0.577. The van der Waals surface area contributed by atoms with Crippen LogP contribution in [0, 0.1) is 0 Å². The highest BCUT2D eigenvalue weighted by Crippen LogP contribution is 2.40. The van der Waals surface area contributed by atoms with E-state index in [1.165, 1.54) is 4.88 Å². The number of benzene rings is 1. The first kappa shape index (κ1) is 17.3. The third-order valence-electron chi connectivity index (χ3n) is 3.05. The van der Waals surface area contributed by atoms with Crippen molar-refractivity contribution in [3.05, 3.63) is 48.0 Å². The van der Waals surface area contributed by atoms with Gasteiger partial charge in [-0.2, -0.15) is 0 Å². The van der Waals surface area contributed by atoms with Crippen molar-refractivity contribution in [1.29, 1.82) is 0 Å². The predicted molar refractivity (Wildman–Crippen MR) is 97.9 cm³/mol. The third-order valence-corrected chi connectivity index (χ3v) is 6.09. The summed E-state index contributed by atoms with van der Waals surface area (Å²) in [5.74, 6) is 0.860. The van der Waals surface area contributed by atoms with Gasteiger partial charge in [0.1, 0.15) is 5.75 Å². The highest BCUT2D eigenvalue weighted by molar-refractivity contribution is 9.11. The van der Waals surface area contributed by atoms with Crippen LogP contribution in [-0.4, -0.2) is 13.7 Å². The van der Waals surface area contributed by atoms with Crippen molar-refractivity contribution < 1.29 is 4.74 Å². The van der Waals surface area contributed by atoms with Crippen LogP contribution < -0.4 is 10.1 Å². The fourth-order valence-electron chi connectivity index (χ4n) is 2.08. The van der Waals surface area contributed by atoms with E-state index in [2.05, 4.69) is 50.2 Å². The fourth-order valence-corrected chi connectivity index (χ4v) is 4.26. The molecule has 1 atom stereocenters. The summed E-state index contributed by atoms with van der Waals surface area (Å²) in [6.07, 6.45) is 1.07. The molecule has 0 fully saturated rings. The third kappa shape index (κ3) is 4.23. The van der Waals surface area contributed by atoms with Crippen molar-refractivity contribution in [2.24, 2.45) is 0 Å². The molecule has 1 aromatic heterocycles. The number of hydrogen-bond donors (Lipinski definition) is 1. The average molecular weight is 454 g/mol. The molecular formula is C15H16Br2ClNOS. The molecule has 0 saturated heterocycles. The van der Waals surface area contributed by atoms with Crippen molar-refractivity contribution in [3.8, 4) is 5.75 Å². The van der Waals surface area contributed by atoms with E-state index < -0.39 is 0 Å². The Morgan fingerprint density at radius 3 is 2.67 bits per heavy atom. The van der Waals surface area contributed by atoms with Gasteiger partial charge in [0.2, 0.25) is 0 Å². The lowest BCUT2D eigenvalue weighted by molar-refractivity contribution is 0.404. The monoisotopic (exact) mass is 451 g/mol. The van der Waals surface area contributed by atoms with Gasteiger partial charge in [0.05, 0.1) is 22.0 Å². The van der Waals surface area contributed by atoms with Crippen LogP contribution in [0.25, 0.3) is 0 Å². The summed E-state index contributed by atoms with van der Waals surface area (Å²) in [5.41, 5.74) is 1.11. The highest BCUT2D eigenvalue weighted by Gasteiger charge is 2.21. The first-order valence-electron chi connectivity index (χ1n) is 6.58. The molecule has 0 spiro atoms. The van der Waals surface area contributed by atoms with E-state index in [4.69, 9.17) is 16.3 Å². The maximum absolute atomic E-state index is 6.19. The van der Waals surface area contributed by atoms with Crippen LogP contribution in [0.1, 0.15) is 29.8 Å². The molecule has 1 heterocycles.